The van der Waals surface area contributed by atoms with Crippen LogP contribution in [0.15, 0.2) is 45.7 Å². The largest absolute Gasteiger partial charge is 0.422 e. The van der Waals surface area contributed by atoms with Gasteiger partial charge in [-0.3, -0.25) is 0 Å². The summed E-state index contributed by atoms with van der Waals surface area (Å²) in [5.74, 6) is 0. The van der Waals surface area contributed by atoms with Gasteiger partial charge in [-0.25, -0.2) is 9.48 Å². The van der Waals surface area contributed by atoms with Gasteiger partial charge in [0.1, 0.15) is 11.3 Å². The SMILES string of the molecule is O=c1oc2ccccc2cc1Cn1cc(CO)nn1. The van der Waals surface area contributed by atoms with E-state index in [1.807, 2.05) is 18.2 Å². The fourth-order valence-electron chi connectivity index (χ4n) is 1.88. The van der Waals surface area contributed by atoms with Gasteiger partial charge in [0, 0.05) is 5.39 Å². The molecule has 0 saturated heterocycles. The second-order valence-corrected chi connectivity index (χ2v) is 4.16. The van der Waals surface area contributed by atoms with Crippen molar-refractivity contribution in [2.45, 2.75) is 13.2 Å². The third-order valence-electron chi connectivity index (χ3n) is 2.79. The number of nitrogens with zero attached hydrogens (tertiary/aromatic N) is 3. The molecule has 19 heavy (non-hydrogen) atoms. The standard InChI is InChI=1S/C13H11N3O3/c17-8-11-7-16(15-14-11)6-10-5-9-3-1-2-4-12(9)19-13(10)18/h1-5,7,17H,6,8H2. The monoisotopic (exact) mass is 257 g/mol. The molecule has 3 rings (SSSR count). The highest BCUT2D eigenvalue weighted by Crippen LogP contribution is 2.13. The van der Waals surface area contributed by atoms with E-state index in [-0.39, 0.29) is 18.8 Å². The van der Waals surface area contributed by atoms with Crippen molar-refractivity contribution in [3.63, 3.8) is 0 Å². The molecule has 6 nitrogen and oxygen atoms in total. The van der Waals surface area contributed by atoms with Gasteiger partial charge in [0.15, 0.2) is 0 Å². The van der Waals surface area contributed by atoms with E-state index in [2.05, 4.69) is 10.3 Å². The van der Waals surface area contributed by atoms with Crippen LogP contribution in [0.1, 0.15) is 11.3 Å². The molecule has 0 bridgehead atoms. The molecular formula is C13H11N3O3. The van der Waals surface area contributed by atoms with Crippen LogP contribution < -0.4 is 5.63 Å². The minimum absolute atomic E-state index is 0.174. The van der Waals surface area contributed by atoms with E-state index < -0.39 is 0 Å². The normalized spacial score (nSPS) is 11.0. The third kappa shape index (κ3) is 2.25. The number of rotatable bonds is 3. The van der Waals surface area contributed by atoms with Gasteiger partial charge >= 0.3 is 5.63 Å². The Labute approximate surface area is 107 Å². The molecule has 0 fully saturated rings. The van der Waals surface area contributed by atoms with Crippen LogP contribution in [-0.2, 0) is 13.2 Å². The van der Waals surface area contributed by atoms with E-state index in [0.29, 0.717) is 16.8 Å². The first-order valence-corrected chi connectivity index (χ1v) is 5.78. The number of aromatic nitrogens is 3. The van der Waals surface area contributed by atoms with Crippen LogP contribution in [0.25, 0.3) is 11.0 Å². The molecule has 1 N–H and O–H groups in total. The molecule has 1 aromatic carbocycles. The number of aliphatic hydroxyl groups excluding tert-OH is 1. The summed E-state index contributed by atoms with van der Waals surface area (Å²) in [7, 11) is 0. The first kappa shape index (κ1) is 11.6. The van der Waals surface area contributed by atoms with Crippen molar-refractivity contribution in [3.8, 4) is 0 Å². The summed E-state index contributed by atoms with van der Waals surface area (Å²) in [6, 6.07) is 9.10. The maximum atomic E-state index is 11.8. The van der Waals surface area contributed by atoms with Crippen molar-refractivity contribution in [2.24, 2.45) is 0 Å². The Balaban J connectivity index is 2.00. The lowest BCUT2D eigenvalue weighted by atomic mass is 10.2. The van der Waals surface area contributed by atoms with Crippen molar-refractivity contribution in [3.05, 3.63) is 58.2 Å². The second-order valence-electron chi connectivity index (χ2n) is 4.16. The van der Waals surface area contributed by atoms with Gasteiger partial charge in [-0.2, -0.15) is 0 Å². The Morgan fingerprint density at radius 1 is 1.32 bits per heavy atom. The van der Waals surface area contributed by atoms with Crippen LogP contribution in [0.5, 0.6) is 0 Å². The predicted molar refractivity (Wildman–Crippen MR) is 67.5 cm³/mol. The summed E-state index contributed by atoms with van der Waals surface area (Å²) in [4.78, 5) is 11.8. The number of fused-ring (bicyclic) bond motifs is 1. The maximum absolute atomic E-state index is 11.8. The Morgan fingerprint density at radius 2 is 2.16 bits per heavy atom. The molecule has 0 amide bonds. The molecule has 0 atom stereocenters. The van der Waals surface area contributed by atoms with Gasteiger partial charge in [0.05, 0.1) is 24.9 Å². The lowest BCUT2D eigenvalue weighted by molar-refractivity contribution is 0.276. The van der Waals surface area contributed by atoms with Gasteiger partial charge < -0.3 is 9.52 Å². The highest BCUT2D eigenvalue weighted by Gasteiger charge is 2.07. The van der Waals surface area contributed by atoms with Crippen molar-refractivity contribution >= 4 is 11.0 Å². The molecule has 0 aliphatic heterocycles. The summed E-state index contributed by atoms with van der Waals surface area (Å²) < 4.78 is 6.72. The van der Waals surface area contributed by atoms with E-state index in [4.69, 9.17) is 9.52 Å². The summed E-state index contributed by atoms with van der Waals surface area (Å²) in [6.07, 6.45) is 1.59. The van der Waals surface area contributed by atoms with E-state index in [1.165, 1.54) is 4.68 Å². The smallest absolute Gasteiger partial charge is 0.341 e. The number of aliphatic hydroxyl groups is 1. The average Bonchev–Trinajstić information content (AvgIpc) is 2.87. The zero-order chi connectivity index (χ0) is 13.2. The molecule has 0 aliphatic carbocycles. The first-order valence-electron chi connectivity index (χ1n) is 5.78. The van der Waals surface area contributed by atoms with E-state index in [9.17, 15) is 4.79 Å². The highest BCUT2D eigenvalue weighted by molar-refractivity contribution is 5.76. The molecule has 0 radical (unpaired) electrons. The van der Waals surface area contributed by atoms with Crippen molar-refractivity contribution in [2.75, 3.05) is 0 Å². The quantitative estimate of drug-likeness (QED) is 0.706. The van der Waals surface area contributed by atoms with Crippen LogP contribution in [-0.4, -0.2) is 20.1 Å². The minimum atomic E-state index is -0.389. The molecule has 0 saturated carbocycles. The predicted octanol–water partition coefficient (Wildman–Crippen LogP) is 0.925. The van der Waals surface area contributed by atoms with E-state index in [1.54, 1.807) is 18.3 Å². The number of benzene rings is 1. The van der Waals surface area contributed by atoms with Gasteiger partial charge in [-0.05, 0) is 12.1 Å². The summed E-state index contributed by atoms with van der Waals surface area (Å²) in [5.41, 5.74) is 1.13. The molecule has 6 heteroatoms. The lowest BCUT2D eigenvalue weighted by Crippen LogP contribution is -2.12. The van der Waals surface area contributed by atoms with Crippen LogP contribution >= 0.6 is 0 Å². The minimum Gasteiger partial charge on any atom is -0.422 e. The zero-order valence-corrected chi connectivity index (χ0v) is 9.98. The van der Waals surface area contributed by atoms with Crippen LogP contribution in [0.4, 0.5) is 0 Å². The van der Waals surface area contributed by atoms with Crippen molar-refractivity contribution in [1.82, 2.24) is 15.0 Å². The van der Waals surface area contributed by atoms with Crippen molar-refractivity contribution < 1.29 is 9.52 Å². The topological polar surface area (TPSA) is 81.2 Å². The molecular weight excluding hydrogens is 246 g/mol. The molecule has 96 valence electrons. The Hall–Kier alpha value is -2.47. The molecule has 2 aromatic heterocycles. The highest BCUT2D eigenvalue weighted by atomic mass is 16.4. The fraction of sp³-hybridized carbons (Fsp3) is 0.154. The van der Waals surface area contributed by atoms with Gasteiger partial charge in [0.2, 0.25) is 0 Å². The van der Waals surface area contributed by atoms with Gasteiger partial charge in [0.25, 0.3) is 0 Å². The van der Waals surface area contributed by atoms with E-state index in [0.717, 1.165) is 5.39 Å². The number of para-hydroxylation sites is 1. The van der Waals surface area contributed by atoms with Gasteiger partial charge in [-0.15, -0.1) is 5.10 Å². The molecule has 0 aliphatic rings. The Bertz CT molecular complexity index is 776. The summed E-state index contributed by atoms with van der Waals surface area (Å²) in [6.45, 7) is 0.0898. The zero-order valence-electron chi connectivity index (χ0n) is 9.98. The molecule has 0 unspecified atom stereocenters. The Kier molecular flexibility index (Phi) is 2.85. The first-order chi connectivity index (χ1) is 9.26. The third-order valence-corrected chi connectivity index (χ3v) is 2.79. The fourth-order valence-corrected chi connectivity index (χ4v) is 1.88. The lowest BCUT2D eigenvalue weighted by Gasteiger charge is -2.01. The van der Waals surface area contributed by atoms with E-state index >= 15 is 0 Å². The number of hydrogen-bond donors (Lipinski definition) is 1. The average molecular weight is 257 g/mol. The molecule has 2 heterocycles. The number of hydrogen-bond acceptors (Lipinski definition) is 5. The maximum Gasteiger partial charge on any atom is 0.341 e. The van der Waals surface area contributed by atoms with Crippen LogP contribution in [0, 0.1) is 0 Å². The summed E-state index contributed by atoms with van der Waals surface area (Å²) >= 11 is 0. The summed E-state index contributed by atoms with van der Waals surface area (Å²) in [5, 5.41) is 17.4. The second kappa shape index (κ2) is 4.66. The van der Waals surface area contributed by atoms with Crippen molar-refractivity contribution in [1.29, 1.82) is 0 Å². The van der Waals surface area contributed by atoms with Crippen LogP contribution in [0.3, 0.4) is 0 Å². The van der Waals surface area contributed by atoms with Gasteiger partial charge in [-0.1, -0.05) is 23.4 Å². The molecule has 0 spiro atoms. The molecule has 3 aromatic rings. The Morgan fingerprint density at radius 3 is 2.95 bits per heavy atom. The van der Waals surface area contributed by atoms with Crippen LogP contribution in [0.2, 0.25) is 0 Å².